The van der Waals surface area contributed by atoms with Gasteiger partial charge in [-0.2, -0.15) is 0 Å². The normalized spacial score (nSPS) is 11.1. The molecule has 0 bridgehead atoms. The lowest BCUT2D eigenvalue weighted by atomic mass is 10.1. The highest BCUT2D eigenvalue weighted by Gasteiger charge is 2.21. The van der Waals surface area contributed by atoms with Gasteiger partial charge in [0.2, 0.25) is 5.88 Å². The van der Waals surface area contributed by atoms with Crippen molar-refractivity contribution in [2.75, 3.05) is 6.54 Å². The molecule has 0 aliphatic rings. The molecule has 0 unspecified atom stereocenters. The van der Waals surface area contributed by atoms with E-state index in [0.29, 0.717) is 19.4 Å². The zero-order valence-corrected chi connectivity index (χ0v) is 22.6. The zero-order valence-electron chi connectivity index (χ0n) is 21.8. The molecule has 206 valence electrons. The van der Waals surface area contributed by atoms with Crippen molar-refractivity contribution in [3.63, 3.8) is 0 Å². The van der Waals surface area contributed by atoms with Crippen molar-refractivity contribution in [3.05, 3.63) is 89.6 Å². The highest BCUT2D eigenvalue weighted by atomic mass is 32.2. The van der Waals surface area contributed by atoms with Gasteiger partial charge in [0.25, 0.3) is 21.8 Å². The SMILES string of the molecule is CCC(CC)OC(=O)Oc1ccc(C(=O)NS(=O)(=O)c2cccc(C(=O)NCCCc3ccccc3)c2)cn1. The standard InChI is InChI=1S/C28H31N3O7S/c1-3-23(4-2)37-28(34)38-25-16-15-22(19-30-25)27(33)31-39(35,36)24-14-8-13-21(18-24)26(32)29-17-9-12-20-10-6-5-7-11-20/h5-8,10-11,13-16,18-19,23H,3-4,9,12,17H2,1-2H3,(H,29,32)(H,31,33). The van der Waals surface area contributed by atoms with Crippen LogP contribution in [0.5, 0.6) is 5.88 Å². The average molecular weight is 554 g/mol. The molecule has 0 saturated carbocycles. The number of benzene rings is 2. The second-order valence-corrected chi connectivity index (χ2v) is 10.3. The Morgan fingerprint density at radius 3 is 2.31 bits per heavy atom. The Kier molecular flexibility index (Phi) is 10.6. The maximum absolute atomic E-state index is 12.8. The highest BCUT2D eigenvalue weighted by Crippen LogP contribution is 2.14. The van der Waals surface area contributed by atoms with Crippen molar-refractivity contribution in [3.8, 4) is 5.88 Å². The van der Waals surface area contributed by atoms with Crippen LogP contribution in [0.15, 0.2) is 77.8 Å². The van der Waals surface area contributed by atoms with Crippen LogP contribution in [0.2, 0.25) is 0 Å². The van der Waals surface area contributed by atoms with Crippen molar-refractivity contribution in [2.45, 2.75) is 50.5 Å². The second-order valence-electron chi connectivity index (χ2n) is 8.60. The van der Waals surface area contributed by atoms with Gasteiger partial charge in [0, 0.05) is 24.4 Å². The molecule has 0 aliphatic carbocycles. The molecule has 3 rings (SSSR count). The first kappa shape index (κ1) is 29.3. The van der Waals surface area contributed by atoms with Gasteiger partial charge in [0.05, 0.1) is 10.5 Å². The number of hydrogen-bond donors (Lipinski definition) is 2. The molecule has 2 aromatic carbocycles. The van der Waals surface area contributed by atoms with E-state index in [1.807, 2.05) is 48.9 Å². The number of pyridine rings is 1. The number of nitrogens with one attached hydrogen (secondary N) is 2. The summed E-state index contributed by atoms with van der Waals surface area (Å²) in [5, 5.41) is 2.78. The fourth-order valence-electron chi connectivity index (χ4n) is 3.56. The fraction of sp³-hybridized carbons (Fsp3) is 0.286. The van der Waals surface area contributed by atoms with Crippen molar-refractivity contribution in [1.82, 2.24) is 15.0 Å². The largest absolute Gasteiger partial charge is 0.515 e. The number of ether oxygens (including phenoxy) is 2. The molecule has 0 aliphatic heterocycles. The zero-order chi connectivity index (χ0) is 28.3. The maximum Gasteiger partial charge on any atom is 0.515 e. The monoisotopic (exact) mass is 553 g/mol. The van der Waals surface area contributed by atoms with E-state index in [9.17, 15) is 22.8 Å². The molecule has 11 heteroatoms. The van der Waals surface area contributed by atoms with Gasteiger partial charge >= 0.3 is 6.16 Å². The first-order valence-corrected chi connectivity index (χ1v) is 14.0. The number of rotatable bonds is 12. The molecule has 1 heterocycles. The van der Waals surface area contributed by atoms with Crippen LogP contribution in [-0.2, 0) is 21.2 Å². The third kappa shape index (κ3) is 8.92. The summed E-state index contributed by atoms with van der Waals surface area (Å²) in [7, 11) is -4.29. The molecule has 3 aromatic rings. The van der Waals surface area contributed by atoms with Gasteiger partial charge in [-0.25, -0.2) is 22.9 Å². The molecule has 2 N–H and O–H groups in total. The molecule has 0 spiro atoms. The van der Waals surface area contributed by atoms with Crippen molar-refractivity contribution < 1.29 is 32.3 Å². The van der Waals surface area contributed by atoms with E-state index in [-0.39, 0.29) is 28.0 Å². The van der Waals surface area contributed by atoms with E-state index in [1.54, 1.807) is 0 Å². The van der Waals surface area contributed by atoms with Gasteiger partial charge in [-0.15, -0.1) is 0 Å². The topological polar surface area (TPSA) is 141 Å². The maximum atomic E-state index is 12.8. The Hall–Kier alpha value is -4.25. The molecule has 0 fully saturated rings. The number of carbonyl (C=O) groups excluding carboxylic acids is 3. The molecule has 2 amide bonds. The lowest BCUT2D eigenvalue weighted by Gasteiger charge is -2.13. The Balaban J connectivity index is 1.56. The fourth-order valence-corrected chi connectivity index (χ4v) is 4.58. The lowest BCUT2D eigenvalue weighted by molar-refractivity contribution is 0.0538. The summed E-state index contributed by atoms with van der Waals surface area (Å²) in [4.78, 5) is 40.5. The van der Waals surface area contributed by atoms with Crippen LogP contribution in [-0.4, -0.2) is 44.0 Å². The van der Waals surface area contributed by atoms with E-state index < -0.39 is 28.0 Å². The van der Waals surface area contributed by atoms with E-state index in [2.05, 4.69) is 10.3 Å². The van der Waals surface area contributed by atoms with Gasteiger partial charge in [0.1, 0.15) is 6.10 Å². The molecule has 39 heavy (non-hydrogen) atoms. The Bertz CT molecular complexity index is 1370. The quantitative estimate of drug-likeness (QED) is 0.250. The Labute approximate surface area is 227 Å². The van der Waals surface area contributed by atoms with Crippen LogP contribution in [0.4, 0.5) is 4.79 Å². The first-order valence-electron chi connectivity index (χ1n) is 12.6. The number of nitrogens with zero attached hydrogens (tertiary/aromatic N) is 1. The van der Waals surface area contributed by atoms with Crippen LogP contribution in [0.3, 0.4) is 0 Å². The second kappa shape index (κ2) is 14.1. The van der Waals surface area contributed by atoms with Crippen LogP contribution < -0.4 is 14.8 Å². The lowest BCUT2D eigenvalue weighted by Crippen LogP contribution is -2.31. The highest BCUT2D eigenvalue weighted by molar-refractivity contribution is 7.90. The van der Waals surface area contributed by atoms with Crippen molar-refractivity contribution in [1.29, 1.82) is 0 Å². The summed E-state index contributed by atoms with van der Waals surface area (Å²) in [6.45, 7) is 4.17. The van der Waals surface area contributed by atoms with E-state index in [0.717, 1.165) is 24.6 Å². The smallest absolute Gasteiger partial charge is 0.431 e. The number of carbonyl (C=O) groups is 3. The number of aromatic nitrogens is 1. The predicted octanol–water partition coefficient (Wildman–Crippen LogP) is 4.27. The van der Waals surface area contributed by atoms with E-state index in [1.165, 1.54) is 36.4 Å². The molecular weight excluding hydrogens is 522 g/mol. The van der Waals surface area contributed by atoms with E-state index in [4.69, 9.17) is 9.47 Å². The summed E-state index contributed by atoms with van der Waals surface area (Å²) in [6.07, 6.45) is 2.66. The van der Waals surface area contributed by atoms with E-state index >= 15 is 0 Å². The molecular formula is C28H31N3O7S. The summed E-state index contributed by atoms with van der Waals surface area (Å²) < 4.78 is 37.7. The summed E-state index contributed by atoms with van der Waals surface area (Å²) in [5.41, 5.74) is 1.23. The first-order chi connectivity index (χ1) is 18.7. The molecule has 0 atom stereocenters. The summed E-state index contributed by atoms with van der Waals surface area (Å²) >= 11 is 0. The Morgan fingerprint density at radius 1 is 0.897 bits per heavy atom. The summed E-state index contributed by atoms with van der Waals surface area (Å²) in [5.74, 6) is -1.47. The van der Waals surface area contributed by atoms with Crippen LogP contribution in [0.25, 0.3) is 0 Å². The summed E-state index contributed by atoms with van der Waals surface area (Å²) in [6, 6.07) is 17.8. The molecule has 10 nitrogen and oxygen atoms in total. The van der Waals surface area contributed by atoms with Gasteiger partial charge in [0.15, 0.2) is 0 Å². The molecule has 1 aromatic heterocycles. The molecule has 0 saturated heterocycles. The minimum atomic E-state index is -4.29. The van der Waals surface area contributed by atoms with Gasteiger partial charge in [-0.05, 0) is 55.5 Å². The van der Waals surface area contributed by atoms with Crippen LogP contribution in [0, 0.1) is 0 Å². The van der Waals surface area contributed by atoms with Crippen molar-refractivity contribution >= 4 is 28.0 Å². The minimum Gasteiger partial charge on any atom is -0.431 e. The minimum absolute atomic E-state index is 0.0772. The number of hydrogen-bond acceptors (Lipinski definition) is 8. The molecule has 0 radical (unpaired) electrons. The number of amides is 2. The predicted molar refractivity (Wildman–Crippen MR) is 144 cm³/mol. The van der Waals surface area contributed by atoms with Crippen molar-refractivity contribution in [2.24, 2.45) is 0 Å². The number of aryl methyl sites for hydroxylation is 1. The third-order valence-electron chi connectivity index (χ3n) is 5.76. The number of sulfonamides is 1. The Morgan fingerprint density at radius 2 is 1.64 bits per heavy atom. The van der Waals surface area contributed by atoms with Crippen LogP contribution in [0.1, 0.15) is 59.4 Å². The third-order valence-corrected chi connectivity index (χ3v) is 7.09. The van der Waals surface area contributed by atoms with Gasteiger partial charge in [-0.3, -0.25) is 9.59 Å². The van der Waals surface area contributed by atoms with Gasteiger partial charge < -0.3 is 14.8 Å². The van der Waals surface area contributed by atoms with Crippen LogP contribution >= 0.6 is 0 Å². The van der Waals surface area contributed by atoms with Gasteiger partial charge in [-0.1, -0.05) is 50.2 Å². The average Bonchev–Trinajstić information content (AvgIpc) is 2.94.